The zero-order chi connectivity index (χ0) is 22.8. The van der Waals surface area contributed by atoms with Gasteiger partial charge in [-0.25, -0.2) is 14.4 Å². The zero-order valence-electron chi connectivity index (χ0n) is 17.6. The van der Waals surface area contributed by atoms with E-state index in [0.717, 1.165) is 0 Å². The summed E-state index contributed by atoms with van der Waals surface area (Å²) in [4.78, 5) is 17.2. The summed E-state index contributed by atoms with van der Waals surface area (Å²) in [7, 11) is 0. The Hall–Kier alpha value is -4.32. The minimum absolute atomic E-state index is 0.177. The molecule has 1 aliphatic heterocycles. The normalized spacial score (nSPS) is 18.0. The van der Waals surface area contributed by atoms with Gasteiger partial charge in [0, 0.05) is 29.1 Å². The fourth-order valence-electron chi connectivity index (χ4n) is 3.69. The molecule has 32 heavy (non-hydrogen) atoms. The van der Waals surface area contributed by atoms with E-state index in [0.29, 0.717) is 39.5 Å². The Kier molecular flexibility index (Phi) is 5.52. The summed E-state index contributed by atoms with van der Waals surface area (Å²) < 4.78 is 22.1. The van der Waals surface area contributed by atoms with Crippen LogP contribution in [-0.4, -0.2) is 27.5 Å². The minimum atomic E-state index is -0.590. The predicted molar refractivity (Wildman–Crippen MR) is 121 cm³/mol. The number of anilines is 1. The van der Waals surface area contributed by atoms with Gasteiger partial charge in [0.05, 0.1) is 30.0 Å². The monoisotopic (exact) mass is 429 g/mol. The van der Waals surface area contributed by atoms with Gasteiger partial charge in [-0.05, 0) is 44.8 Å². The number of allylic oxidation sites excluding steroid dienone is 1. The number of aliphatic imine (C=N–C) groups is 2. The Bertz CT molecular complexity index is 1320. The van der Waals surface area contributed by atoms with Crippen molar-refractivity contribution in [3.05, 3.63) is 65.1 Å². The largest absolute Gasteiger partial charge is 0.482 e. The number of hydrogen-bond acceptors (Lipinski definition) is 7. The van der Waals surface area contributed by atoms with Gasteiger partial charge in [0.2, 0.25) is 0 Å². The van der Waals surface area contributed by atoms with Crippen LogP contribution in [0.3, 0.4) is 0 Å². The third-order valence-corrected chi connectivity index (χ3v) is 5.15. The summed E-state index contributed by atoms with van der Waals surface area (Å²) >= 11 is 0. The van der Waals surface area contributed by atoms with Crippen LogP contribution in [0.4, 0.5) is 10.2 Å². The molecule has 0 aliphatic carbocycles. The number of imidazole rings is 1. The maximum absolute atomic E-state index is 14.2. The summed E-state index contributed by atoms with van der Waals surface area (Å²) in [6.45, 7) is 7.51. The molecule has 0 radical (unpaired) electrons. The van der Waals surface area contributed by atoms with E-state index < -0.39 is 11.9 Å². The van der Waals surface area contributed by atoms with E-state index in [9.17, 15) is 9.65 Å². The highest BCUT2D eigenvalue weighted by Gasteiger charge is 2.23. The van der Waals surface area contributed by atoms with Crippen LogP contribution in [-0.2, 0) is 6.54 Å². The molecule has 3 heterocycles. The number of pyridine rings is 1. The second-order valence-electron chi connectivity index (χ2n) is 7.12. The fourth-order valence-corrected chi connectivity index (χ4v) is 3.69. The van der Waals surface area contributed by atoms with E-state index in [1.165, 1.54) is 12.1 Å². The van der Waals surface area contributed by atoms with Crippen LogP contribution in [0, 0.1) is 17.1 Å². The first-order chi connectivity index (χ1) is 15.5. The van der Waals surface area contributed by atoms with E-state index in [2.05, 4.69) is 32.7 Å². The number of nitriles is 1. The van der Waals surface area contributed by atoms with Crippen molar-refractivity contribution in [3.63, 3.8) is 0 Å². The molecule has 1 atom stereocenters. The van der Waals surface area contributed by atoms with Crippen molar-refractivity contribution in [3.8, 4) is 23.1 Å². The Morgan fingerprint density at radius 3 is 2.91 bits per heavy atom. The second-order valence-corrected chi connectivity index (χ2v) is 7.12. The van der Waals surface area contributed by atoms with Gasteiger partial charge in [0.25, 0.3) is 0 Å². The highest BCUT2D eigenvalue weighted by Crippen LogP contribution is 2.37. The van der Waals surface area contributed by atoms with Crippen molar-refractivity contribution in [1.29, 1.82) is 5.26 Å². The summed E-state index contributed by atoms with van der Waals surface area (Å²) in [6.07, 6.45) is 4.14. The highest BCUT2D eigenvalue weighted by atomic mass is 19.1. The van der Waals surface area contributed by atoms with E-state index >= 15 is 0 Å². The molecule has 0 spiro atoms. The fraction of sp³-hybridized carbons (Fsp3) is 0.174. The molecule has 2 bridgehead atoms. The molecule has 0 saturated carbocycles. The lowest BCUT2D eigenvalue weighted by atomic mass is 9.98. The number of aromatic nitrogens is 3. The number of rotatable bonds is 2. The maximum Gasteiger partial charge on any atom is 0.166 e. The molecule has 1 aromatic carbocycles. The van der Waals surface area contributed by atoms with Gasteiger partial charge in [-0.3, -0.25) is 9.98 Å². The van der Waals surface area contributed by atoms with E-state index in [1.807, 2.05) is 0 Å². The third kappa shape index (κ3) is 3.63. The number of ether oxygens (including phenoxy) is 1. The number of nitrogens with zero attached hydrogens (tertiary/aromatic N) is 6. The number of nitrogen functional groups attached to an aromatic ring is 1. The molecule has 0 fully saturated rings. The molecule has 1 aliphatic rings. The van der Waals surface area contributed by atoms with Crippen LogP contribution in [0.5, 0.6) is 5.75 Å². The molecule has 0 unspecified atom stereocenters. The van der Waals surface area contributed by atoms with E-state index in [4.69, 9.17) is 10.5 Å². The van der Waals surface area contributed by atoms with Gasteiger partial charge in [-0.15, -0.1) is 0 Å². The molecule has 160 valence electrons. The van der Waals surface area contributed by atoms with E-state index in [-0.39, 0.29) is 18.1 Å². The Morgan fingerprint density at radius 1 is 1.38 bits per heavy atom. The van der Waals surface area contributed by atoms with Crippen LogP contribution < -0.4 is 10.5 Å². The van der Waals surface area contributed by atoms with Crippen LogP contribution >= 0.6 is 0 Å². The van der Waals surface area contributed by atoms with Gasteiger partial charge in [0.1, 0.15) is 18.0 Å². The quantitative estimate of drug-likeness (QED) is 0.615. The lowest BCUT2D eigenvalue weighted by molar-refractivity contribution is 0.227. The summed E-state index contributed by atoms with van der Waals surface area (Å²) in [5.41, 5.74) is 9.67. The smallest absolute Gasteiger partial charge is 0.166 e. The van der Waals surface area contributed by atoms with Crippen molar-refractivity contribution >= 4 is 24.4 Å². The maximum atomic E-state index is 14.2. The third-order valence-electron chi connectivity index (χ3n) is 5.15. The number of benzene rings is 1. The standard InChI is InChI=1S/C23H20FN7O/c1-4-28-21-16-6-5-15(24)8-17(16)13(2)32-20-7-14(10-29-23(20)26)22-18(9-25)30-12-31(22)11-19(21)27-3/h4-8,10,12-13H,3,11H2,1-2H3,(H2,26,29)/b21-19-,28-4?/t13-/m1/s1. The van der Waals surface area contributed by atoms with Crippen molar-refractivity contribution in [2.45, 2.75) is 26.5 Å². The second kappa shape index (κ2) is 8.43. The summed E-state index contributed by atoms with van der Waals surface area (Å²) in [5.74, 6) is 0.0830. The molecular weight excluding hydrogens is 409 g/mol. The molecule has 8 nitrogen and oxygen atoms in total. The Balaban J connectivity index is 2.08. The molecule has 0 saturated heterocycles. The van der Waals surface area contributed by atoms with E-state index in [1.54, 1.807) is 49.3 Å². The lowest BCUT2D eigenvalue weighted by Gasteiger charge is -2.22. The molecule has 2 N–H and O–H groups in total. The minimum Gasteiger partial charge on any atom is -0.482 e. The van der Waals surface area contributed by atoms with Crippen molar-refractivity contribution in [2.24, 2.45) is 9.98 Å². The van der Waals surface area contributed by atoms with Crippen molar-refractivity contribution in [2.75, 3.05) is 5.73 Å². The average Bonchev–Trinajstić information content (AvgIpc) is 3.19. The molecule has 2 aromatic heterocycles. The average molecular weight is 429 g/mol. The molecule has 3 aromatic rings. The topological polar surface area (TPSA) is 114 Å². The number of nitrogens with two attached hydrogens (primary N) is 1. The zero-order valence-corrected chi connectivity index (χ0v) is 17.6. The van der Waals surface area contributed by atoms with Crippen LogP contribution in [0.2, 0.25) is 0 Å². The Labute approximate surface area is 184 Å². The number of hydrogen-bond donors (Lipinski definition) is 1. The molecule has 0 amide bonds. The predicted octanol–water partition coefficient (Wildman–Crippen LogP) is 4.15. The number of fused-ring (bicyclic) bond motifs is 5. The molecular formula is C23H20FN7O. The van der Waals surface area contributed by atoms with Gasteiger partial charge >= 0.3 is 0 Å². The van der Waals surface area contributed by atoms with Crippen molar-refractivity contribution < 1.29 is 9.13 Å². The van der Waals surface area contributed by atoms with Crippen LogP contribution in [0.15, 0.2) is 52.5 Å². The van der Waals surface area contributed by atoms with Crippen LogP contribution in [0.25, 0.3) is 17.0 Å². The van der Waals surface area contributed by atoms with Crippen LogP contribution in [0.1, 0.15) is 36.8 Å². The SMILES string of the molecule is C=N/C1=C(\N=CC)c2ccc(F)cc2[C@@H](C)Oc2cc(cnc2N)-c2c(C#N)ncn2C1. The summed E-state index contributed by atoms with van der Waals surface area (Å²) in [5, 5.41) is 9.61. The van der Waals surface area contributed by atoms with Gasteiger partial charge in [-0.2, -0.15) is 5.26 Å². The van der Waals surface area contributed by atoms with Gasteiger partial charge < -0.3 is 15.0 Å². The van der Waals surface area contributed by atoms with Gasteiger partial charge in [-0.1, -0.05) is 0 Å². The highest BCUT2D eigenvalue weighted by molar-refractivity contribution is 5.77. The first kappa shape index (κ1) is 20.9. The first-order valence-electron chi connectivity index (χ1n) is 9.83. The summed E-state index contributed by atoms with van der Waals surface area (Å²) in [6, 6.07) is 8.20. The number of halogens is 1. The first-order valence-corrected chi connectivity index (χ1v) is 9.83. The van der Waals surface area contributed by atoms with Crippen molar-refractivity contribution in [1.82, 2.24) is 14.5 Å². The van der Waals surface area contributed by atoms with Gasteiger partial charge in [0.15, 0.2) is 17.3 Å². The Morgan fingerprint density at radius 2 is 2.19 bits per heavy atom. The lowest BCUT2D eigenvalue weighted by Crippen LogP contribution is -2.11. The molecule has 4 rings (SSSR count). The molecule has 9 heteroatoms.